The average molecular weight is 236 g/mol. The molecule has 0 aliphatic carbocycles. The number of aromatic hydroxyl groups is 2. The number of hydrogen-bond donors (Lipinski definition) is 3. The number of piperazine rings is 1. The van der Waals surface area contributed by atoms with Gasteiger partial charge >= 0.3 is 0 Å². The Hall–Kier alpha value is -1.26. The zero-order valence-corrected chi connectivity index (χ0v) is 10.4. The lowest BCUT2D eigenvalue weighted by atomic mass is 9.99. The van der Waals surface area contributed by atoms with Gasteiger partial charge in [-0.05, 0) is 31.5 Å². The van der Waals surface area contributed by atoms with E-state index in [1.165, 1.54) is 0 Å². The summed E-state index contributed by atoms with van der Waals surface area (Å²) in [6.45, 7) is 8.17. The first kappa shape index (κ1) is 12.2. The first-order valence-corrected chi connectivity index (χ1v) is 5.96. The number of phenolic OH excluding ortho intramolecular Hbond substituents is 2. The largest absolute Gasteiger partial charge is 0.504 e. The number of rotatable bonds is 2. The monoisotopic (exact) mass is 236 g/mol. The molecule has 0 radical (unpaired) electrons. The number of phenols is 2. The van der Waals surface area contributed by atoms with E-state index in [-0.39, 0.29) is 17.0 Å². The summed E-state index contributed by atoms with van der Waals surface area (Å²) in [5.41, 5.74) is 1.14. The van der Waals surface area contributed by atoms with E-state index in [2.05, 4.69) is 24.1 Å². The number of nitrogens with one attached hydrogen (secondary N) is 1. The summed E-state index contributed by atoms with van der Waals surface area (Å²) in [4.78, 5) is 2.38. The quantitative estimate of drug-likeness (QED) is 0.677. The van der Waals surface area contributed by atoms with Gasteiger partial charge in [0.05, 0.1) is 0 Å². The van der Waals surface area contributed by atoms with Crippen LogP contribution in [0, 0.1) is 0 Å². The topological polar surface area (TPSA) is 55.7 Å². The summed E-state index contributed by atoms with van der Waals surface area (Å²) >= 11 is 0. The van der Waals surface area contributed by atoms with Crippen LogP contribution in [0.3, 0.4) is 0 Å². The van der Waals surface area contributed by atoms with Crippen molar-refractivity contribution in [1.82, 2.24) is 10.2 Å². The third-order valence-electron chi connectivity index (χ3n) is 3.39. The second kappa shape index (κ2) is 4.55. The van der Waals surface area contributed by atoms with Gasteiger partial charge in [-0.25, -0.2) is 0 Å². The molecule has 94 valence electrons. The van der Waals surface area contributed by atoms with E-state index in [9.17, 15) is 10.2 Å². The molecule has 0 spiro atoms. The molecule has 0 aromatic heterocycles. The molecule has 1 aromatic rings. The molecule has 0 bridgehead atoms. The van der Waals surface area contributed by atoms with Gasteiger partial charge in [-0.1, -0.05) is 6.07 Å². The molecule has 0 amide bonds. The van der Waals surface area contributed by atoms with Crippen LogP contribution in [0.1, 0.15) is 19.4 Å². The molecule has 1 aliphatic heterocycles. The van der Waals surface area contributed by atoms with Crippen LogP contribution < -0.4 is 5.32 Å². The number of benzene rings is 1. The standard InChI is InChI=1S/C13H20N2O2/c1-13(2)9-14-5-6-15(13)8-10-3-4-11(16)12(17)7-10/h3-4,7,14,16-17H,5-6,8-9H2,1-2H3. The lowest BCUT2D eigenvalue weighted by Crippen LogP contribution is -2.57. The van der Waals surface area contributed by atoms with E-state index >= 15 is 0 Å². The molecule has 4 heteroatoms. The van der Waals surface area contributed by atoms with E-state index in [1.807, 2.05) is 6.07 Å². The highest BCUT2D eigenvalue weighted by molar-refractivity contribution is 5.40. The third-order valence-corrected chi connectivity index (χ3v) is 3.39. The van der Waals surface area contributed by atoms with Crippen LogP contribution in [0.25, 0.3) is 0 Å². The fraction of sp³-hybridized carbons (Fsp3) is 0.538. The normalized spacial score (nSPS) is 20.4. The second-order valence-electron chi connectivity index (χ2n) is 5.23. The minimum absolute atomic E-state index is 0.0459. The molecule has 1 aliphatic rings. The van der Waals surface area contributed by atoms with E-state index < -0.39 is 0 Å². The van der Waals surface area contributed by atoms with Crippen LogP contribution in [0.15, 0.2) is 18.2 Å². The lowest BCUT2D eigenvalue weighted by Gasteiger charge is -2.42. The summed E-state index contributed by atoms with van der Waals surface area (Å²) in [6.07, 6.45) is 0. The minimum Gasteiger partial charge on any atom is -0.504 e. The van der Waals surface area contributed by atoms with E-state index in [0.29, 0.717) is 0 Å². The van der Waals surface area contributed by atoms with Crippen molar-refractivity contribution < 1.29 is 10.2 Å². The Bertz CT molecular complexity index is 404. The van der Waals surface area contributed by atoms with Gasteiger partial charge in [-0.15, -0.1) is 0 Å². The highest BCUT2D eigenvalue weighted by atomic mass is 16.3. The molecule has 0 saturated carbocycles. The molecule has 1 heterocycles. The van der Waals surface area contributed by atoms with Crippen LogP contribution >= 0.6 is 0 Å². The maximum Gasteiger partial charge on any atom is 0.157 e. The van der Waals surface area contributed by atoms with E-state index in [0.717, 1.165) is 31.7 Å². The molecule has 4 nitrogen and oxygen atoms in total. The first-order chi connectivity index (χ1) is 7.99. The first-order valence-electron chi connectivity index (χ1n) is 5.96. The van der Waals surface area contributed by atoms with Crippen molar-refractivity contribution >= 4 is 0 Å². The van der Waals surface area contributed by atoms with Crippen LogP contribution in [-0.2, 0) is 6.54 Å². The molecule has 2 rings (SSSR count). The molecule has 3 N–H and O–H groups in total. The molecule has 1 fully saturated rings. The van der Waals surface area contributed by atoms with Gasteiger partial charge in [0.25, 0.3) is 0 Å². The molecule has 1 saturated heterocycles. The van der Waals surface area contributed by atoms with E-state index in [4.69, 9.17) is 0 Å². The van der Waals surface area contributed by atoms with Gasteiger partial charge in [0.2, 0.25) is 0 Å². The average Bonchev–Trinajstić information content (AvgIpc) is 2.26. The van der Waals surface area contributed by atoms with Crippen molar-refractivity contribution in [2.75, 3.05) is 19.6 Å². The maximum atomic E-state index is 9.48. The van der Waals surface area contributed by atoms with E-state index in [1.54, 1.807) is 12.1 Å². The lowest BCUT2D eigenvalue weighted by molar-refractivity contribution is 0.0827. The Morgan fingerprint density at radius 3 is 2.71 bits per heavy atom. The molecule has 1 aromatic carbocycles. The third kappa shape index (κ3) is 2.70. The summed E-state index contributed by atoms with van der Waals surface area (Å²) < 4.78 is 0. The van der Waals surface area contributed by atoms with Gasteiger partial charge in [-0.2, -0.15) is 0 Å². The van der Waals surface area contributed by atoms with Crippen LogP contribution in [0.2, 0.25) is 0 Å². The van der Waals surface area contributed by atoms with Crippen molar-refractivity contribution in [2.45, 2.75) is 25.9 Å². The van der Waals surface area contributed by atoms with Gasteiger partial charge in [0.15, 0.2) is 11.5 Å². The molecular weight excluding hydrogens is 216 g/mol. The predicted molar refractivity (Wildman–Crippen MR) is 67.1 cm³/mol. The molecular formula is C13H20N2O2. The summed E-state index contributed by atoms with van der Waals surface area (Å²) in [5.74, 6) is -0.108. The van der Waals surface area contributed by atoms with Crippen molar-refractivity contribution in [3.63, 3.8) is 0 Å². The summed E-state index contributed by atoms with van der Waals surface area (Å²) in [6, 6.07) is 5.03. The predicted octanol–water partition coefficient (Wildman–Crippen LogP) is 1.28. The maximum absolute atomic E-state index is 9.48. The van der Waals surface area contributed by atoms with Crippen molar-refractivity contribution in [1.29, 1.82) is 0 Å². The van der Waals surface area contributed by atoms with Crippen molar-refractivity contribution in [3.05, 3.63) is 23.8 Å². The zero-order chi connectivity index (χ0) is 12.5. The molecule has 0 atom stereocenters. The minimum atomic E-state index is -0.0617. The van der Waals surface area contributed by atoms with Crippen LogP contribution in [-0.4, -0.2) is 40.3 Å². The second-order valence-corrected chi connectivity index (χ2v) is 5.23. The van der Waals surface area contributed by atoms with Crippen LogP contribution in [0.4, 0.5) is 0 Å². The van der Waals surface area contributed by atoms with Gasteiger partial charge in [-0.3, -0.25) is 4.90 Å². The smallest absolute Gasteiger partial charge is 0.157 e. The Morgan fingerprint density at radius 2 is 2.06 bits per heavy atom. The highest BCUT2D eigenvalue weighted by Gasteiger charge is 2.29. The highest BCUT2D eigenvalue weighted by Crippen LogP contribution is 2.27. The zero-order valence-electron chi connectivity index (χ0n) is 10.4. The van der Waals surface area contributed by atoms with Crippen molar-refractivity contribution in [2.24, 2.45) is 0 Å². The fourth-order valence-corrected chi connectivity index (χ4v) is 2.20. The SMILES string of the molecule is CC1(C)CNCCN1Cc1ccc(O)c(O)c1. The molecule has 0 unspecified atom stereocenters. The Kier molecular flexibility index (Phi) is 3.26. The Balaban J connectivity index is 2.11. The van der Waals surface area contributed by atoms with Gasteiger partial charge < -0.3 is 15.5 Å². The summed E-state index contributed by atoms with van der Waals surface area (Å²) in [7, 11) is 0. The number of hydrogen-bond acceptors (Lipinski definition) is 4. The van der Waals surface area contributed by atoms with Crippen molar-refractivity contribution in [3.8, 4) is 11.5 Å². The Morgan fingerprint density at radius 1 is 1.29 bits per heavy atom. The Labute approximate surface area is 102 Å². The van der Waals surface area contributed by atoms with Gasteiger partial charge in [0, 0.05) is 31.7 Å². The molecule has 17 heavy (non-hydrogen) atoms. The van der Waals surface area contributed by atoms with Gasteiger partial charge in [0.1, 0.15) is 0 Å². The van der Waals surface area contributed by atoms with Crippen LogP contribution in [0.5, 0.6) is 11.5 Å². The fourth-order valence-electron chi connectivity index (χ4n) is 2.20. The summed E-state index contributed by atoms with van der Waals surface area (Å²) in [5, 5.41) is 22.1. The number of nitrogens with zero attached hydrogens (tertiary/aromatic N) is 1.